The molecule has 0 radical (unpaired) electrons. The summed E-state index contributed by atoms with van der Waals surface area (Å²) in [5, 5.41) is 9.07. The molecule has 92 valence electrons. The molecule has 0 aromatic rings. The zero-order valence-corrected chi connectivity index (χ0v) is 12.3. The molecule has 2 heteroatoms. The Labute approximate surface area is 109 Å². The van der Waals surface area contributed by atoms with Crippen LogP contribution in [0.25, 0.3) is 0 Å². The van der Waals surface area contributed by atoms with Gasteiger partial charge in [-0.25, -0.2) is 0 Å². The zero-order valence-electron chi connectivity index (χ0n) is 10.2. The Balaban J connectivity index is 2.87. The van der Waals surface area contributed by atoms with Crippen LogP contribution in [0.1, 0.15) is 71.1 Å². The first kappa shape index (κ1) is 15.7. The maximum absolute atomic E-state index is 9.07. The molecule has 0 saturated heterocycles. The summed E-state index contributed by atoms with van der Waals surface area (Å²) in [6.07, 6.45) is 13.2. The van der Waals surface area contributed by atoms with E-state index >= 15 is 0 Å². The average Bonchev–Trinajstić information content (AvgIpc) is 2.20. The molecule has 0 saturated carbocycles. The second-order valence-corrected chi connectivity index (χ2v) is 5.59. The number of hydrogen-bond donors (Lipinski definition) is 1. The number of rotatable bonds is 11. The molecule has 0 bridgehead atoms. The number of aliphatic hydroxyl groups is 1. The third kappa shape index (κ3) is 14.7. The van der Waals surface area contributed by atoms with Gasteiger partial charge in [0.25, 0.3) is 0 Å². The van der Waals surface area contributed by atoms with Crippen molar-refractivity contribution < 1.29 is 5.11 Å². The molecule has 0 aromatic carbocycles. The summed E-state index contributed by atoms with van der Waals surface area (Å²) in [7, 11) is 0. The van der Waals surface area contributed by atoms with Gasteiger partial charge in [-0.05, 0) is 24.2 Å². The van der Waals surface area contributed by atoms with E-state index in [1.807, 2.05) is 6.92 Å². The van der Waals surface area contributed by atoms with Crippen LogP contribution in [0.5, 0.6) is 0 Å². The smallest absolute Gasteiger partial charge is 0.0512 e. The summed E-state index contributed by atoms with van der Waals surface area (Å²) in [4.78, 5) is 0. The van der Waals surface area contributed by atoms with E-state index in [0.29, 0.717) is 0 Å². The second-order valence-electron chi connectivity index (χ2n) is 4.51. The highest BCUT2D eigenvalue weighted by Crippen LogP contribution is 2.11. The molecule has 0 aromatic heterocycles. The highest BCUT2D eigenvalue weighted by molar-refractivity contribution is 14.1. The number of halogens is 1. The van der Waals surface area contributed by atoms with Crippen molar-refractivity contribution >= 4 is 22.6 Å². The lowest BCUT2D eigenvalue weighted by Crippen LogP contribution is -1.98. The van der Waals surface area contributed by atoms with Crippen LogP contribution in [0, 0.1) is 0 Å². The average molecular weight is 326 g/mol. The first-order valence-electron chi connectivity index (χ1n) is 6.51. The molecule has 1 atom stereocenters. The van der Waals surface area contributed by atoms with Crippen LogP contribution in [0.3, 0.4) is 0 Å². The van der Waals surface area contributed by atoms with E-state index in [9.17, 15) is 0 Å². The fourth-order valence-corrected chi connectivity index (χ4v) is 2.31. The van der Waals surface area contributed by atoms with Crippen LogP contribution in [-0.4, -0.2) is 15.6 Å². The maximum Gasteiger partial charge on any atom is 0.0512 e. The Morgan fingerprint density at radius 2 is 1.20 bits per heavy atom. The Hall–Kier alpha value is 0.690. The lowest BCUT2D eigenvalue weighted by Gasteiger charge is -2.03. The third-order valence-electron chi connectivity index (χ3n) is 2.76. The van der Waals surface area contributed by atoms with Gasteiger partial charge < -0.3 is 5.11 Å². The monoisotopic (exact) mass is 326 g/mol. The fraction of sp³-hybridized carbons (Fsp3) is 1.00. The summed E-state index contributed by atoms with van der Waals surface area (Å²) < 4.78 is 1.32. The second kappa shape index (κ2) is 12.8. The number of hydrogen-bond acceptors (Lipinski definition) is 1. The van der Waals surface area contributed by atoms with Crippen molar-refractivity contribution in [3.63, 3.8) is 0 Å². The Kier molecular flexibility index (Phi) is 13.3. The predicted octanol–water partition coefficient (Wildman–Crippen LogP) is 4.70. The lowest BCUT2D eigenvalue weighted by atomic mass is 10.1. The van der Waals surface area contributed by atoms with Crippen LogP contribution in [0.15, 0.2) is 0 Å². The molecule has 15 heavy (non-hydrogen) atoms. The first-order chi connectivity index (χ1) is 7.27. The Morgan fingerprint density at radius 3 is 1.60 bits per heavy atom. The predicted molar refractivity (Wildman–Crippen MR) is 76.7 cm³/mol. The molecule has 1 N–H and O–H groups in total. The maximum atomic E-state index is 9.07. The third-order valence-corrected chi connectivity index (χ3v) is 3.52. The minimum Gasteiger partial charge on any atom is -0.393 e. The fourth-order valence-electron chi connectivity index (χ4n) is 1.77. The number of aliphatic hydroxyl groups excluding tert-OH is 1. The van der Waals surface area contributed by atoms with Gasteiger partial charge in [-0.15, -0.1) is 0 Å². The van der Waals surface area contributed by atoms with Crippen molar-refractivity contribution in [2.45, 2.75) is 77.2 Å². The molecular formula is C13H27IO. The molecule has 0 rings (SSSR count). The number of unbranched alkanes of at least 4 members (excludes halogenated alkanes) is 8. The van der Waals surface area contributed by atoms with Crippen LogP contribution in [0.2, 0.25) is 0 Å². The van der Waals surface area contributed by atoms with E-state index in [1.54, 1.807) is 0 Å². The van der Waals surface area contributed by atoms with Gasteiger partial charge >= 0.3 is 0 Å². The van der Waals surface area contributed by atoms with Crippen LogP contribution < -0.4 is 0 Å². The highest BCUT2D eigenvalue weighted by atomic mass is 127. The molecule has 0 fully saturated rings. The lowest BCUT2D eigenvalue weighted by molar-refractivity contribution is 0.180. The van der Waals surface area contributed by atoms with Crippen molar-refractivity contribution in [3.05, 3.63) is 0 Å². The Morgan fingerprint density at radius 1 is 0.800 bits per heavy atom. The van der Waals surface area contributed by atoms with Crippen molar-refractivity contribution in [2.75, 3.05) is 4.43 Å². The zero-order chi connectivity index (χ0) is 11.4. The van der Waals surface area contributed by atoms with E-state index in [2.05, 4.69) is 22.6 Å². The molecule has 1 nitrogen and oxygen atoms in total. The van der Waals surface area contributed by atoms with Gasteiger partial charge in [-0.3, -0.25) is 0 Å². The summed E-state index contributed by atoms with van der Waals surface area (Å²) in [6.45, 7) is 1.88. The van der Waals surface area contributed by atoms with Crippen LogP contribution in [-0.2, 0) is 0 Å². The normalized spacial score (nSPS) is 13.0. The first-order valence-corrected chi connectivity index (χ1v) is 8.04. The minimum atomic E-state index is -0.0988. The highest BCUT2D eigenvalue weighted by Gasteiger charge is 1.95. The topological polar surface area (TPSA) is 20.2 Å². The van der Waals surface area contributed by atoms with E-state index in [4.69, 9.17) is 5.11 Å². The van der Waals surface area contributed by atoms with Crippen LogP contribution >= 0.6 is 22.6 Å². The minimum absolute atomic E-state index is 0.0988. The molecule has 0 amide bonds. The van der Waals surface area contributed by atoms with Gasteiger partial charge in [-0.1, -0.05) is 74.0 Å². The van der Waals surface area contributed by atoms with Gasteiger partial charge in [0.15, 0.2) is 0 Å². The van der Waals surface area contributed by atoms with Gasteiger partial charge in [0.1, 0.15) is 0 Å². The van der Waals surface area contributed by atoms with Crippen molar-refractivity contribution in [1.82, 2.24) is 0 Å². The van der Waals surface area contributed by atoms with E-state index in [1.165, 1.54) is 62.2 Å². The largest absolute Gasteiger partial charge is 0.393 e. The van der Waals surface area contributed by atoms with Gasteiger partial charge in [0.05, 0.1) is 6.10 Å². The summed E-state index contributed by atoms with van der Waals surface area (Å²) in [6, 6.07) is 0. The molecule has 0 heterocycles. The van der Waals surface area contributed by atoms with Crippen molar-refractivity contribution in [3.8, 4) is 0 Å². The van der Waals surface area contributed by atoms with Gasteiger partial charge in [0.2, 0.25) is 0 Å². The SMILES string of the molecule is CC(O)CCCCCCCCCCCI. The molecule has 0 aliphatic rings. The van der Waals surface area contributed by atoms with Gasteiger partial charge in [-0.2, -0.15) is 0 Å². The molecule has 0 spiro atoms. The van der Waals surface area contributed by atoms with Crippen molar-refractivity contribution in [1.29, 1.82) is 0 Å². The van der Waals surface area contributed by atoms with E-state index in [-0.39, 0.29) is 6.10 Å². The van der Waals surface area contributed by atoms with E-state index < -0.39 is 0 Å². The van der Waals surface area contributed by atoms with Gasteiger partial charge in [0, 0.05) is 0 Å². The van der Waals surface area contributed by atoms with Crippen LogP contribution in [0.4, 0.5) is 0 Å². The molecule has 0 aliphatic carbocycles. The Bertz CT molecular complexity index is 115. The molecule has 0 aliphatic heterocycles. The summed E-state index contributed by atoms with van der Waals surface area (Å²) in [5.41, 5.74) is 0. The molecule has 1 unspecified atom stereocenters. The standard InChI is InChI=1S/C13H27IO/c1-13(15)11-9-7-5-3-2-4-6-8-10-12-14/h13,15H,2-12H2,1H3. The van der Waals surface area contributed by atoms with Crippen molar-refractivity contribution in [2.24, 2.45) is 0 Å². The quantitative estimate of drug-likeness (QED) is 0.331. The molecular weight excluding hydrogens is 299 g/mol. The summed E-state index contributed by atoms with van der Waals surface area (Å²) in [5.74, 6) is 0. The van der Waals surface area contributed by atoms with E-state index in [0.717, 1.165) is 6.42 Å². The number of alkyl halides is 1. The summed E-state index contributed by atoms with van der Waals surface area (Å²) >= 11 is 2.46.